The van der Waals surface area contributed by atoms with Crippen LogP contribution in [0.3, 0.4) is 0 Å². The minimum atomic E-state index is -2.74. The van der Waals surface area contributed by atoms with E-state index in [1.807, 2.05) is 126 Å². The lowest BCUT2D eigenvalue weighted by Crippen LogP contribution is -2.50. The van der Waals surface area contributed by atoms with E-state index in [0.717, 1.165) is 22.3 Å². The molecule has 2 aliphatic rings. The number of hydrogen-bond donors (Lipinski definition) is 3. The van der Waals surface area contributed by atoms with Gasteiger partial charge < -0.3 is 38.2 Å². The fourth-order valence-corrected chi connectivity index (χ4v) is 7.15. The lowest BCUT2D eigenvalue weighted by Gasteiger charge is -2.35. The van der Waals surface area contributed by atoms with Gasteiger partial charge in [0.2, 0.25) is 0 Å². The molecule has 2 unspecified atom stereocenters. The Hall–Kier alpha value is -5.83. The van der Waals surface area contributed by atoms with Crippen LogP contribution in [0.2, 0.25) is 0 Å². The Balaban J connectivity index is 1.02. The predicted octanol–water partition coefficient (Wildman–Crippen LogP) is 7.35. The summed E-state index contributed by atoms with van der Waals surface area (Å²) in [4.78, 5) is 45.5. The normalized spacial score (nSPS) is 18.1. The van der Waals surface area contributed by atoms with Crippen molar-refractivity contribution in [2.75, 3.05) is 13.2 Å². The molecule has 5 atom stereocenters. The monoisotopic (exact) mass is 853 g/mol. The highest BCUT2D eigenvalue weighted by Crippen LogP contribution is 2.31. The largest absolute Gasteiger partial charge is 0.459 e. The molecule has 3 N–H and O–H groups in total. The molecule has 1 fully saturated rings. The number of nitrogens with zero attached hydrogens (tertiary/aromatic N) is 2. The molecule has 0 aliphatic carbocycles. The number of rotatable bonds is 21. The Bertz CT molecular complexity index is 2050. The summed E-state index contributed by atoms with van der Waals surface area (Å²) < 4.78 is 46.2. The van der Waals surface area contributed by atoms with Crippen LogP contribution in [-0.2, 0) is 63.8 Å². The van der Waals surface area contributed by atoms with E-state index >= 15 is 0 Å². The highest BCUT2D eigenvalue weighted by Gasteiger charge is 2.34. The molecule has 1 saturated heterocycles. The molecule has 4 aromatic carbocycles. The number of amidine groups is 1. The minimum Gasteiger partial charge on any atom is -0.459 e. The molecule has 4 aromatic rings. The summed E-state index contributed by atoms with van der Waals surface area (Å²) >= 11 is 0. The third-order valence-electron chi connectivity index (χ3n) is 9.66. The van der Waals surface area contributed by atoms with Crippen LogP contribution in [0.4, 0.5) is 9.59 Å². The van der Waals surface area contributed by atoms with Gasteiger partial charge in [-0.1, -0.05) is 121 Å². The Morgan fingerprint density at radius 3 is 1.87 bits per heavy atom. The van der Waals surface area contributed by atoms with Gasteiger partial charge in [-0.2, -0.15) is 0 Å². The summed E-state index contributed by atoms with van der Waals surface area (Å²) in [6.45, 7) is 0.956. The topological polar surface area (TPSA) is 175 Å². The van der Waals surface area contributed by atoms with Crippen LogP contribution in [0.1, 0.15) is 54.4 Å². The predicted molar refractivity (Wildman–Crippen MR) is 228 cm³/mol. The van der Waals surface area contributed by atoms with Gasteiger partial charge in [-0.25, -0.2) is 19.4 Å². The molecule has 0 aromatic heterocycles. The van der Waals surface area contributed by atoms with Gasteiger partial charge in [0.25, 0.3) is 0 Å². The van der Waals surface area contributed by atoms with Crippen LogP contribution in [0.5, 0.6) is 0 Å². The molecule has 0 spiro atoms. The number of hydrogen-bond acceptors (Lipinski definition) is 13. The van der Waals surface area contributed by atoms with Crippen LogP contribution in [0.25, 0.3) is 0 Å². The van der Waals surface area contributed by atoms with Gasteiger partial charge in [-0.05, 0) is 67.0 Å². The van der Waals surface area contributed by atoms with Crippen molar-refractivity contribution in [3.8, 4) is 0 Å². The number of nitrogens with one attached hydrogen (secondary N) is 3. The fourth-order valence-electron chi connectivity index (χ4n) is 6.46. The molecular weight excluding hydrogens is 801 g/mol. The van der Waals surface area contributed by atoms with Gasteiger partial charge >= 0.3 is 26.4 Å². The first-order valence-electron chi connectivity index (χ1n) is 20.3. The summed E-state index contributed by atoms with van der Waals surface area (Å²) in [6.07, 6.45) is 3.41. The SMILES string of the molecule is O=C(NC1=NC(NCCCC[C@H](NC(=O)OCc2ccccc2)C(=O)OCc2ccccc2)N([C@H]2CC[C@@H](CO[PH](=O)OCc3ccccc3)O2)C=C1)OCc1ccccc1. The van der Waals surface area contributed by atoms with Gasteiger partial charge in [0.1, 0.15) is 37.9 Å². The number of benzene rings is 4. The van der Waals surface area contributed by atoms with Gasteiger partial charge in [-0.15, -0.1) is 0 Å². The second-order valence-electron chi connectivity index (χ2n) is 14.3. The molecule has 2 aliphatic heterocycles. The Kier molecular flexibility index (Phi) is 17.9. The van der Waals surface area contributed by atoms with E-state index in [1.54, 1.807) is 12.3 Å². The van der Waals surface area contributed by atoms with Crippen molar-refractivity contribution in [1.29, 1.82) is 0 Å². The first-order valence-corrected chi connectivity index (χ1v) is 21.5. The standard InChI is InChI=1S/C45H52N5O10P/c51-42(55-29-34-15-5-1-6-16-34)39(47-44(52)56-30-35-17-7-2-8-18-35)23-13-14-27-46-43-48-40(49-45(53)57-31-36-19-9-3-10-20-36)26-28-50(43)41-25-24-38(60-41)33-59-61(54)58-32-37-21-11-4-12-22-37/h1-12,15-22,26,28,38-39,41,43,46,61H,13-14,23-25,27,29-33H2,(H,47,52)(H,48,49,53)/t38-,39-,41+,43?/m0/s1. The molecule has 61 heavy (non-hydrogen) atoms. The van der Waals surface area contributed by atoms with E-state index in [0.29, 0.717) is 44.5 Å². The van der Waals surface area contributed by atoms with E-state index in [1.165, 1.54) is 0 Å². The number of carbonyl (C=O) groups is 3. The molecule has 0 radical (unpaired) electrons. The highest BCUT2D eigenvalue weighted by atomic mass is 31.1. The van der Waals surface area contributed by atoms with Crippen molar-refractivity contribution in [2.45, 2.75) is 83.2 Å². The van der Waals surface area contributed by atoms with Crippen LogP contribution >= 0.6 is 8.25 Å². The number of amides is 2. The second-order valence-corrected chi connectivity index (χ2v) is 15.3. The second kappa shape index (κ2) is 24.4. The number of esters is 1. The summed E-state index contributed by atoms with van der Waals surface area (Å²) in [7, 11) is -2.74. The molecule has 2 heterocycles. The maximum absolute atomic E-state index is 13.3. The summed E-state index contributed by atoms with van der Waals surface area (Å²) in [5.41, 5.74) is 3.38. The van der Waals surface area contributed by atoms with E-state index in [-0.39, 0.29) is 39.1 Å². The number of ether oxygens (including phenoxy) is 4. The number of aliphatic imine (C=N–C) groups is 1. The number of carbonyl (C=O) groups excluding carboxylic acids is 3. The van der Waals surface area contributed by atoms with Crippen molar-refractivity contribution in [1.82, 2.24) is 20.9 Å². The zero-order valence-electron chi connectivity index (χ0n) is 33.8. The van der Waals surface area contributed by atoms with Gasteiger partial charge in [0.05, 0.1) is 19.3 Å². The third-order valence-corrected chi connectivity index (χ3v) is 10.4. The molecular formula is C45H52N5O10P. The van der Waals surface area contributed by atoms with Crippen LogP contribution in [0.15, 0.2) is 139 Å². The van der Waals surface area contributed by atoms with E-state index in [9.17, 15) is 18.9 Å². The van der Waals surface area contributed by atoms with Crippen molar-refractivity contribution in [3.63, 3.8) is 0 Å². The Morgan fingerprint density at radius 2 is 1.26 bits per heavy atom. The molecule has 15 nitrogen and oxygen atoms in total. The maximum atomic E-state index is 13.3. The van der Waals surface area contributed by atoms with E-state index in [2.05, 4.69) is 16.0 Å². The molecule has 322 valence electrons. The smallest absolute Gasteiger partial charge is 0.413 e. The first-order chi connectivity index (χ1) is 29.9. The van der Waals surface area contributed by atoms with Crippen molar-refractivity contribution in [3.05, 3.63) is 156 Å². The average molecular weight is 854 g/mol. The highest BCUT2D eigenvalue weighted by molar-refractivity contribution is 7.33. The quantitative estimate of drug-likeness (QED) is 0.0330. The Morgan fingerprint density at radius 1 is 0.705 bits per heavy atom. The van der Waals surface area contributed by atoms with E-state index < -0.39 is 45.0 Å². The van der Waals surface area contributed by atoms with Gasteiger partial charge in [0, 0.05) is 6.20 Å². The molecule has 16 heteroatoms. The van der Waals surface area contributed by atoms with Gasteiger partial charge in [0.15, 0.2) is 6.29 Å². The maximum Gasteiger partial charge on any atom is 0.413 e. The molecule has 0 saturated carbocycles. The molecule has 0 bridgehead atoms. The lowest BCUT2D eigenvalue weighted by molar-refractivity contribution is -0.147. The zero-order valence-corrected chi connectivity index (χ0v) is 34.8. The average Bonchev–Trinajstić information content (AvgIpc) is 3.78. The van der Waals surface area contributed by atoms with Crippen LogP contribution < -0.4 is 16.0 Å². The summed E-state index contributed by atoms with van der Waals surface area (Å²) in [5, 5.41) is 8.83. The summed E-state index contributed by atoms with van der Waals surface area (Å²) in [5.74, 6) is -0.278. The zero-order chi connectivity index (χ0) is 42.5. The van der Waals surface area contributed by atoms with Crippen LogP contribution in [-0.4, -0.2) is 66.7 Å². The van der Waals surface area contributed by atoms with Crippen molar-refractivity contribution >= 4 is 32.2 Å². The van der Waals surface area contributed by atoms with Crippen molar-refractivity contribution < 1.29 is 46.9 Å². The summed E-state index contributed by atoms with van der Waals surface area (Å²) in [6, 6.07) is 36.4. The van der Waals surface area contributed by atoms with Crippen molar-refractivity contribution in [2.24, 2.45) is 4.99 Å². The number of unbranched alkanes of at least 4 members (excludes halogenated alkanes) is 1. The fraction of sp³-hybridized carbons (Fsp3) is 0.333. The van der Waals surface area contributed by atoms with E-state index in [4.69, 9.17) is 33.0 Å². The number of alkyl carbamates (subject to hydrolysis) is 2. The minimum absolute atomic E-state index is 0.0545. The van der Waals surface area contributed by atoms with Gasteiger partial charge in [-0.3, -0.25) is 15.2 Å². The lowest BCUT2D eigenvalue weighted by atomic mass is 10.1. The van der Waals surface area contributed by atoms with Crippen LogP contribution in [0, 0.1) is 0 Å². The third kappa shape index (κ3) is 15.6. The molecule has 6 rings (SSSR count). The Labute approximate surface area is 356 Å². The molecule has 2 amide bonds. The first kappa shape index (κ1) is 44.7.